The summed E-state index contributed by atoms with van der Waals surface area (Å²) in [4.78, 5) is 31.7. The second-order valence-electron chi connectivity index (χ2n) is 37.0. The van der Waals surface area contributed by atoms with E-state index >= 15 is 0 Å². The van der Waals surface area contributed by atoms with Crippen LogP contribution in [0.5, 0.6) is 0 Å². The van der Waals surface area contributed by atoms with Gasteiger partial charge in [0.15, 0.2) is 17.5 Å². The van der Waals surface area contributed by atoms with Gasteiger partial charge in [-0.15, -0.1) is 22.7 Å². The maximum absolute atomic E-state index is 6.47. The molecule has 9 aromatic heterocycles. The number of hydrogen-bond acceptors (Lipinski definition) is 11. The summed E-state index contributed by atoms with van der Waals surface area (Å²) in [5.74, 6) is 2.09. The minimum absolute atomic E-state index is 0.678. The van der Waals surface area contributed by atoms with Crippen LogP contribution < -0.4 is 0 Å². The largest absolute Gasteiger partial charge is 0.456 e. The summed E-state index contributed by atoms with van der Waals surface area (Å²) in [5.41, 5.74) is 27.2. The van der Waals surface area contributed by atoms with Crippen molar-refractivity contribution in [1.29, 1.82) is 0 Å². The second kappa shape index (κ2) is 33.5. The lowest BCUT2D eigenvalue weighted by molar-refractivity contribution is 0.669. The Morgan fingerprint density at radius 3 is 1.12 bits per heavy atom. The maximum atomic E-state index is 6.47. The van der Waals surface area contributed by atoms with E-state index in [9.17, 15) is 0 Å². The Balaban J connectivity index is 0.000000103. The molecule has 10 nitrogen and oxygen atoms in total. The van der Waals surface area contributed by atoms with Crippen molar-refractivity contribution in [2.75, 3.05) is 0 Å². The van der Waals surface area contributed by atoms with Gasteiger partial charge in [-0.25, -0.2) is 29.9 Å². The summed E-state index contributed by atoms with van der Waals surface area (Å²) >= 11 is 3.67. The van der Waals surface area contributed by atoms with Gasteiger partial charge in [0.1, 0.15) is 33.5 Å². The summed E-state index contributed by atoms with van der Waals surface area (Å²) in [5, 5.41) is 24.1. The van der Waals surface area contributed by atoms with Gasteiger partial charge >= 0.3 is 0 Å². The van der Waals surface area contributed by atoms with Crippen molar-refractivity contribution in [2.24, 2.45) is 0 Å². The van der Waals surface area contributed by atoms with E-state index in [1.54, 1.807) is 0 Å². The third-order valence-corrected chi connectivity index (χ3v) is 30.7. The lowest BCUT2D eigenvalue weighted by atomic mass is 9.99. The number of fused-ring (bicyclic) bond motifs is 27. The van der Waals surface area contributed by atoms with Crippen LogP contribution in [0.4, 0.5) is 0 Å². The van der Waals surface area contributed by atoms with E-state index in [4.69, 9.17) is 43.2 Å². The molecule has 0 saturated carbocycles. The number of thiophene rings is 2. The van der Waals surface area contributed by atoms with Crippen molar-refractivity contribution < 1.29 is 13.3 Å². The molecule has 0 aliphatic rings. The average Bonchev–Trinajstić information content (AvgIpc) is 1.56. The number of benzene rings is 22. The first-order valence-corrected chi connectivity index (χ1v) is 50.0. The summed E-state index contributed by atoms with van der Waals surface area (Å²) in [6, 6.07) is 165. The molecule has 144 heavy (non-hydrogen) atoms. The molecular weight excluding hydrogens is 1800 g/mol. The van der Waals surface area contributed by atoms with Gasteiger partial charge in [-0.2, -0.15) is 0 Å². The molecule has 12 heteroatoms. The van der Waals surface area contributed by atoms with Gasteiger partial charge < -0.3 is 17.8 Å². The van der Waals surface area contributed by atoms with Crippen LogP contribution in [-0.4, -0.2) is 34.5 Å². The van der Waals surface area contributed by atoms with Crippen molar-refractivity contribution in [3.05, 3.63) is 467 Å². The first-order chi connectivity index (χ1) is 71.3. The summed E-state index contributed by atoms with van der Waals surface area (Å²) < 4.78 is 26.5. The van der Waals surface area contributed by atoms with E-state index in [1.165, 1.54) is 94.8 Å². The average molecular weight is 1870 g/mol. The first kappa shape index (κ1) is 82.4. The maximum Gasteiger partial charge on any atom is 0.160 e. The molecule has 31 aromatic rings. The summed E-state index contributed by atoms with van der Waals surface area (Å²) in [6.45, 7) is 0. The van der Waals surface area contributed by atoms with Gasteiger partial charge in [0.25, 0.3) is 0 Å². The third kappa shape index (κ3) is 14.0. The highest BCUT2D eigenvalue weighted by Gasteiger charge is 2.26. The van der Waals surface area contributed by atoms with Crippen LogP contribution in [0.25, 0.3) is 300 Å². The fraction of sp³-hybridized carbons (Fsp3) is 0. The fourth-order valence-electron chi connectivity index (χ4n) is 21.6. The van der Waals surface area contributed by atoms with Gasteiger partial charge in [-0.1, -0.05) is 315 Å². The predicted octanol–water partition coefficient (Wildman–Crippen LogP) is 36.9. The molecule has 0 atom stereocenters. The molecule has 0 amide bonds. The number of furan rings is 3. The molecule has 670 valence electrons. The van der Waals surface area contributed by atoms with Gasteiger partial charge in [0, 0.05) is 128 Å². The molecule has 0 radical (unpaired) electrons. The molecule has 0 aliphatic carbocycles. The Labute approximate surface area is 831 Å². The molecule has 0 unspecified atom stereocenters. The molecule has 0 fully saturated rings. The Morgan fingerprint density at radius 2 is 0.535 bits per heavy atom. The van der Waals surface area contributed by atoms with E-state index in [2.05, 4.69) is 441 Å². The smallest absolute Gasteiger partial charge is 0.160 e. The number of nitrogens with zero attached hydrogens (tertiary/aromatic N) is 7. The molecule has 0 bridgehead atoms. The van der Waals surface area contributed by atoms with Crippen molar-refractivity contribution in [2.45, 2.75) is 0 Å². The molecule has 0 saturated heterocycles. The minimum atomic E-state index is 0.678. The van der Waals surface area contributed by atoms with Crippen LogP contribution >= 0.6 is 22.7 Å². The lowest BCUT2D eigenvalue weighted by Gasteiger charge is -2.12. The highest BCUT2D eigenvalue weighted by atomic mass is 32.1. The van der Waals surface area contributed by atoms with E-state index in [1.807, 2.05) is 53.0 Å². The fourth-order valence-corrected chi connectivity index (χ4v) is 23.8. The Kier molecular flexibility index (Phi) is 19.2. The zero-order chi connectivity index (χ0) is 94.6. The number of rotatable bonds is 10. The van der Waals surface area contributed by atoms with Crippen LogP contribution in [0.15, 0.2) is 480 Å². The molecule has 9 heterocycles. The highest BCUT2D eigenvalue weighted by molar-refractivity contribution is 7.26. The predicted molar refractivity (Wildman–Crippen MR) is 602 cm³/mol. The molecular formula is C132H77N7O3S2. The van der Waals surface area contributed by atoms with E-state index in [0.717, 1.165) is 194 Å². The van der Waals surface area contributed by atoms with E-state index in [-0.39, 0.29) is 0 Å². The van der Waals surface area contributed by atoms with Gasteiger partial charge in [0.05, 0.1) is 55.4 Å². The van der Waals surface area contributed by atoms with Crippen molar-refractivity contribution in [3.8, 4) is 107 Å². The van der Waals surface area contributed by atoms with Crippen molar-refractivity contribution >= 4 is 216 Å². The quantitative estimate of drug-likeness (QED) is 0.132. The van der Waals surface area contributed by atoms with Crippen molar-refractivity contribution in [3.63, 3.8) is 0 Å². The first-order valence-electron chi connectivity index (χ1n) is 48.4. The van der Waals surface area contributed by atoms with Crippen LogP contribution in [0.2, 0.25) is 0 Å². The monoisotopic (exact) mass is 1870 g/mol. The normalized spacial score (nSPS) is 11.9. The molecule has 31 rings (SSSR count). The molecule has 22 aromatic carbocycles. The summed E-state index contributed by atoms with van der Waals surface area (Å²) in [7, 11) is 0. The van der Waals surface area contributed by atoms with Crippen LogP contribution in [0.1, 0.15) is 0 Å². The standard InChI is InChI=1S/C48H29N3O.2C42H24N2OS/c1-3-12-30(13-4-1)46-38-23-25-43-45(40-28-32-14-7-8-15-33(32)29-44(40)52-43)47(38)50-48(49-46)35-17-11-16-31(26-35)34-22-24-42-39(27-34)37-20-9-10-21-41(37)51(42)36-18-5-2-6-19-36;1-2-9-25(10-3-1)40-32-18-20-37-39(34-23-27-11-4-5-12-28(27)24-38(34)46-37)41(32)44-42(43-40)30-14-8-13-26(21-30)29-17-19-36-33(22-29)31-15-6-7-16-35(31)45-36;1-2-8-26(9-3-1)40-32-19-20-35-39(34-23-28-10-4-5-11-29(28)24-36(34)45-35)41(32)44-42(43-40)27-16-14-25(15-17-27)30-18-21-38-33(22-30)31-12-6-7-13-37(31)46-38/h1-29H;2*1-24H. The molecule has 0 N–H and O–H groups in total. The Hall–Kier alpha value is -18.7. The highest BCUT2D eigenvalue weighted by Crippen LogP contribution is 2.48. The lowest BCUT2D eigenvalue weighted by Crippen LogP contribution is -1.96. The van der Waals surface area contributed by atoms with Gasteiger partial charge in [-0.3, -0.25) is 0 Å². The third-order valence-electron chi connectivity index (χ3n) is 28.5. The zero-order valence-electron chi connectivity index (χ0n) is 77.1. The summed E-state index contributed by atoms with van der Waals surface area (Å²) in [6.07, 6.45) is 0. The second-order valence-corrected chi connectivity index (χ2v) is 39.1. The topological polar surface area (TPSA) is 122 Å². The van der Waals surface area contributed by atoms with Crippen LogP contribution in [0.3, 0.4) is 0 Å². The molecule has 0 spiro atoms. The Bertz CT molecular complexity index is 10700. The minimum Gasteiger partial charge on any atom is -0.456 e. The number of para-hydroxylation sites is 3. The molecule has 0 aliphatic heterocycles. The van der Waals surface area contributed by atoms with Crippen LogP contribution in [-0.2, 0) is 0 Å². The van der Waals surface area contributed by atoms with Crippen LogP contribution in [0, 0.1) is 0 Å². The SMILES string of the molecule is c1ccc(-c2nc(-c3ccc(-c4ccc5sc6ccccc6c5c4)cc3)nc3c2ccc2oc4cc5ccccc5cc4c23)cc1.c1ccc(-c2nc(-c3cccc(-c4ccc5c(c4)c4ccccc4n5-c4ccccc4)c3)nc3c2ccc2oc4cc5ccccc5cc4c23)cc1.c1ccc(-c2nc(-c3cccc(-c4ccc5oc6ccccc6c5c4)c3)nc3c2ccc2sc4cc5ccccc5cc4c23)cc1. The van der Waals surface area contributed by atoms with E-state index < -0.39 is 0 Å². The zero-order valence-corrected chi connectivity index (χ0v) is 78.8. The van der Waals surface area contributed by atoms with Crippen molar-refractivity contribution in [1.82, 2.24) is 34.5 Å². The van der Waals surface area contributed by atoms with Gasteiger partial charge in [-0.05, 0) is 217 Å². The number of aromatic nitrogens is 7. The number of hydrogen-bond donors (Lipinski definition) is 0. The Morgan fingerprint density at radius 1 is 0.167 bits per heavy atom. The van der Waals surface area contributed by atoms with Gasteiger partial charge in [0.2, 0.25) is 0 Å². The van der Waals surface area contributed by atoms with E-state index in [0.29, 0.717) is 11.6 Å².